The molecule has 1 spiro atoms. The van der Waals surface area contributed by atoms with Crippen LogP contribution in [0, 0.1) is 0 Å². The van der Waals surface area contributed by atoms with Crippen molar-refractivity contribution < 1.29 is 0 Å². The van der Waals surface area contributed by atoms with Crippen LogP contribution in [0.3, 0.4) is 0 Å². The molecule has 7 aromatic carbocycles. The Kier molecular flexibility index (Phi) is 5.48. The van der Waals surface area contributed by atoms with Gasteiger partial charge < -0.3 is 5.32 Å². The molecule has 1 nitrogen and oxygen atoms in total. The second kappa shape index (κ2) is 9.69. The van der Waals surface area contributed by atoms with Gasteiger partial charge in [0.2, 0.25) is 0 Å². The van der Waals surface area contributed by atoms with Crippen molar-refractivity contribution in [2.75, 3.05) is 5.32 Å². The van der Waals surface area contributed by atoms with Gasteiger partial charge in [0, 0.05) is 16.9 Å². The number of fused-ring (bicyclic) bond motifs is 10. The van der Waals surface area contributed by atoms with Crippen molar-refractivity contribution in [1.29, 1.82) is 0 Å². The first-order valence-corrected chi connectivity index (χ1v) is 15.3. The van der Waals surface area contributed by atoms with Gasteiger partial charge in [-0.2, -0.15) is 0 Å². The second-order valence-electron chi connectivity index (χ2n) is 11.8. The quantitative estimate of drug-likeness (QED) is 0.226. The van der Waals surface area contributed by atoms with Gasteiger partial charge in [0.15, 0.2) is 0 Å². The van der Waals surface area contributed by atoms with E-state index in [2.05, 4.69) is 175 Å². The summed E-state index contributed by atoms with van der Waals surface area (Å²) in [6.45, 7) is 0. The highest BCUT2D eigenvalue weighted by molar-refractivity contribution is 5.99. The van der Waals surface area contributed by atoms with E-state index in [1.54, 1.807) is 0 Å². The Morgan fingerprint density at radius 1 is 0.318 bits per heavy atom. The molecule has 2 aliphatic rings. The Labute approximate surface area is 258 Å². The lowest BCUT2D eigenvalue weighted by Crippen LogP contribution is -2.25. The number of benzene rings is 7. The Hall–Kier alpha value is -5.66. The largest absolute Gasteiger partial charge is 0.355 e. The van der Waals surface area contributed by atoms with Gasteiger partial charge in [-0.15, -0.1) is 0 Å². The van der Waals surface area contributed by atoms with Crippen molar-refractivity contribution in [3.8, 4) is 44.5 Å². The molecule has 0 amide bonds. The molecule has 1 N–H and O–H groups in total. The molecule has 9 rings (SSSR count). The molecule has 0 saturated heterocycles. The fourth-order valence-corrected chi connectivity index (χ4v) is 7.64. The topological polar surface area (TPSA) is 12.0 Å². The predicted octanol–water partition coefficient (Wildman–Crippen LogP) is 11.1. The average Bonchev–Trinajstić information content (AvgIpc) is 3.57. The molecule has 7 aromatic rings. The van der Waals surface area contributed by atoms with E-state index in [-0.39, 0.29) is 5.41 Å². The SMILES string of the molecule is c1ccc(-c2ccc(-c3ccc(Nc4cccc5c4-c4ccccc4C54c5ccccc5-c5ccccc54)cc3)cc2)cc1. The van der Waals surface area contributed by atoms with E-state index in [1.165, 1.54) is 66.8 Å². The van der Waals surface area contributed by atoms with Gasteiger partial charge in [0.25, 0.3) is 0 Å². The first kappa shape index (κ1) is 24.9. The van der Waals surface area contributed by atoms with E-state index in [0.29, 0.717) is 0 Å². The monoisotopic (exact) mass is 559 g/mol. The minimum Gasteiger partial charge on any atom is -0.355 e. The Bertz CT molecular complexity index is 2130. The van der Waals surface area contributed by atoms with Crippen molar-refractivity contribution in [2.24, 2.45) is 0 Å². The summed E-state index contributed by atoms with van der Waals surface area (Å²) < 4.78 is 0. The van der Waals surface area contributed by atoms with Gasteiger partial charge >= 0.3 is 0 Å². The first-order chi connectivity index (χ1) is 21.8. The van der Waals surface area contributed by atoms with E-state index in [9.17, 15) is 0 Å². The Morgan fingerprint density at radius 3 is 1.34 bits per heavy atom. The highest BCUT2D eigenvalue weighted by atomic mass is 14.9. The summed E-state index contributed by atoms with van der Waals surface area (Å²) in [6, 6.07) is 61.8. The van der Waals surface area contributed by atoms with E-state index in [1.807, 2.05) is 0 Å². The van der Waals surface area contributed by atoms with Crippen molar-refractivity contribution in [1.82, 2.24) is 0 Å². The summed E-state index contributed by atoms with van der Waals surface area (Å²) in [4.78, 5) is 0. The molecule has 0 saturated carbocycles. The second-order valence-corrected chi connectivity index (χ2v) is 11.8. The molecule has 0 heterocycles. The molecule has 206 valence electrons. The zero-order chi connectivity index (χ0) is 29.1. The van der Waals surface area contributed by atoms with Crippen LogP contribution in [0.4, 0.5) is 11.4 Å². The van der Waals surface area contributed by atoms with Crippen molar-refractivity contribution in [3.63, 3.8) is 0 Å². The summed E-state index contributed by atoms with van der Waals surface area (Å²) in [5, 5.41) is 3.81. The summed E-state index contributed by atoms with van der Waals surface area (Å²) in [5.41, 5.74) is 17.5. The standard InChI is InChI=1S/C43H29N/c1-2-11-29(12-3-1)30-21-23-31(24-22-30)32-25-27-33(28-26-32)44-41-20-10-19-40-42(41)36-15-6-9-18-39(36)43(40)37-16-7-4-13-34(37)35-14-5-8-17-38(35)43/h1-28,44H. The lowest BCUT2D eigenvalue weighted by Gasteiger charge is -2.30. The summed E-state index contributed by atoms with van der Waals surface area (Å²) >= 11 is 0. The van der Waals surface area contributed by atoms with Crippen molar-refractivity contribution in [2.45, 2.75) is 5.41 Å². The van der Waals surface area contributed by atoms with Crippen LogP contribution in [0.5, 0.6) is 0 Å². The average molecular weight is 560 g/mol. The molecule has 0 atom stereocenters. The fourth-order valence-electron chi connectivity index (χ4n) is 7.64. The number of nitrogens with one attached hydrogen (secondary N) is 1. The van der Waals surface area contributed by atoms with Crippen LogP contribution in [0.2, 0.25) is 0 Å². The van der Waals surface area contributed by atoms with Gasteiger partial charge in [-0.3, -0.25) is 0 Å². The maximum Gasteiger partial charge on any atom is 0.0726 e. The van der Waals surface area contributed by atoms with Crippen LogP contribution in [-0.2, 0) is 5.41 Å². The van der Waals surface area contributed by atoms with E-state index in [0.717, 1.165) is 11.4 Å². The van der Waals surface area contributed by atoms with Crippen LogP contribution < -0.4 is 5.32 Å². The zero-order valence-corrected chi connectivity index (χ0v) is 24.2. The highest BCUT2D eigenvalue weighted by Crippen LogP contribution is 2.63. The van der Waals surface area contributed by atoms with Crippen molar-refractivity contribution in [3.05, 3.63) is 192 Å². The molecular weight excluding hydrogens is 530 g/mol. The lowest BCUT2D eigenvalue weighted by molar-refractivity contribution is 0.794. The third-order valence-corrected chi connectivity index (χ3v) is 9.51. The van der Waals surface area contributed by atoms with E-state index in [4.69, 9.17) is 0 Å². The molecular formula is C43H29N. The Balaban J connectivity index is 1.11. The van der Waals surface area contributed by atoms with Gasteiger partial charge in [0.05, 0.1) is 5.41 Å². The van der Waals surface area contributed by atoms with Crippen molar-refractivity contribution >= 4 is 11.4 Å². The minimum absolute atomic E-state index is 0.327. The highest BCUT2D eigenvalue weighted by Gasteiger charge is 2.51. The molecule has 0 unspecified atom stereocenters. The number of anilines is 2. The summed E-state index contributed by atoms with van der Waals surface area (Å²) in [7, 11) is 0. The molecule has 0 aliphatic heterocycles. The molecule has 0 fully saturated rings. The van der Waals surface area contributed by atoms with Gasteiger partial charge in [-0.25, -0.2) is 0 Å². The third-order valence-electron chi connectivity index (χ3n) is 9.51. The zero-order valence-electron chi connectivity index (χ0n) is 24.2. The minimum atomic E-state index is -0.327. The Morgan fingerprint density at radius 2 is 0.750 bits per heavy atom. The van der Waals surface area contributed by atoms with Crippen LogP contribution in [0.15, 0.2) is 170 Å². The van der Waals surface area contributed by atoms with Gasteiger partial charge in [-0.05, 0) is 79.4 Å². The fraction of sp³-hybridized carbons (Fsp3) is 0.0233. The molecule has 44 heavy (non-hydrogen) atoms. The van der Waals surface area contributed by atoms with Gasteiger partial charge in [-0.1, -0.05) is 152 Å². The lowest BCUT2D eigenvalue weighted by atomic mass is 9.70. The smallest absolute Gasteiger partial charge is 0.0726 e. The van der Waals surface area contributed by atoms with Crippen LogP contribution in [-0.4, -0.2) is 0 Å². The van der Waals surface area contributed by atoms with E-state index < -0.39 is 0 Å². The molecule has 0 radical (unpaired) electrons. The number of hydrogen-bond acceptors (Lipinski definition) is 1. The maximum absolute atomic E-state index is 3.81. The molecule has 2 aliphatic carbocycles. The number of hydrogen-bond donors (Lipinski definition) is 1. The molecule has 1 heteroatoms. The summed E-state index contributed by atoms with van der Waals surface area (Å²) in [6.07, 6.45) is 0. The van der Waals surface area contributed by atoms with Crippen LogP contribution in [0.25, 0.3) is 44.5 Å². The molecule has 0 aromatic heterocycles. The van der Waals surface area contributed by atoms with E-state index >= 15 is 0 Å². The third kappa shape index (κ3) is 3.53. The first-order valence-electron chi connectivity index (χ1n) is 15.3. The van der Waals surface area contributed by atoms with Gasteiger partial charge in [0.1, 0.15) is 0 Å². The normalized spacial score (nSPS) is 13.2. The van der Waals surface area contributed by atoms with Crippen LogP contribution >= 0.6 is 0 Å². The predicted molar refractivity (Wildman–Crippen MR) is 183 cm³/mol. The summed E-state index contributed by atoms with van der Waals surface area (Å²) in [5.74, 6) is 0. The van der Waals surface area contributed by atoms with Crippen LogP contribution in [0.1, 0.15) is 22.3 Å². The number of rotatable bonds is 4. The maximum atomic E-state index is 3.81. The molecule has 0 bridgehead atoms.